The smallest absolute Gasteiger partial charge is 0.191 e. The predicted molar refractivity (Wildman–Crippen MR) is 119 cm³/mol. The van der Waals surface area contributed by atoms with Gasteiger partial charge in [-0.25, -0.2) is 4.99 Å². The predicted octanol–water partition coefficient (Wildman–Crippen LogP) is 0.961. The van der Waals surface area contributed by atoms with Crippen molar-refractivity contribution in [3.05, 3.63) is 35.9 Å². The molecule has 170 valence electrons. The summed E-state index contributed by atoms with van der Waals surface area (Å²) in [6.07, 6.45) is 1.68. The van der Waals surface area contributed by atoms with Crippen LogP contribution in [-0.2, 0) is 18.3 Å². The van der Waals surface area contributed by atoms with Crippen LogP contribution in [0.2, 0.25) is 0 Å². The first-order valence-electron chi connectivity index (χ1n) is 10.5. The first kappa shape index (κ1) is 22.8. The number of hydrogen-bond donors (Lipinski definition) is 2. The molecule has 1 aromatic carbocycles. The Bertz CT molecular complexity index is 849. The first-order chi connectivity index (χ1) is 15.2. The van der Waals surface area contributed by atoms with E-state index in [1.807, 2.05) is 30.7 Å². The number of aromatic nitrogens is 3. The van der Waals surface area contributed by atoms with Crippen LogP contribution in [0, 0.1) is 0 Å². The summed E-state index contributed by atoms with van der Waals surface area (Å²) < 4.78 is 18.4. The summed E-state index contributed by atoms with van der Waals surface area (Å²) in [5.74, 6) is 2.99. The van der Waals surface area contributed by atoms with Gasteiger partial charge in [0.2, 0.25) is 0 Å². The SMILES string of the molecule is CCNC(=NCc1nncn1C)NCC(c1ccc(OC)c(OC)c1)N1CCOCC1. The Balaban J connectivity index is 1.78. The number of aliphatic imine (C=N–C) groups is 1. The summed E-state index contributed by atoms with van der Waals surface area (Å²) in [5.41, 5.74) is 1.15. The number of aryl methyl sites for hydroxylation is 1. The highest BCUT2D eigenvalue weighted by Crippen LogP contribution is 2.32. The van der Waals surface area contributed by atoms with Crippen molar-refractivity contribution in [1.29, 1.82) is 0 Å². The largest absolute Gasteiger partial charge is 0.493 e. The minimum Gasteiger partial charge on any atom is -0.493 e. The molecule has 1 unspecified atom stereocenters. The van der Waals surface area contributed by atoms with Crippen molar-refractivity contribution < 1.29 is 14.2 Å². The lowest BCUT2D eigenvalue weighted by Crippen LogP contribution is -2.46. The number of methoxy groups -OCH3 is 2. The highest BCUT2D eigenvalue weighted by Gasteiger charge is 2.24. The molecule has 10 nitrogen and oxygen atoms in total. The number of ether oxygens (including phenoxy) is 3. The molecule has 1 saturated heterocycles. The molecule has 2 N–H and O–H groups in total. The first-order valence-corrected chi connectivity index (χ1v) is 10.5. The van der Waals surface area contributed by atoms with Crippen molar-refractivity contribution in [3.63, 3.8) is 0 Å². The Morgan fingerprint density at radius 2 is 1.97 bits per heavy atom. The van der Waals surface area contributed by atoms with Gasteiger partial charge in [-0.2, -0.15) is 0 Å². The van der Waals surface area contributed by atoms with Crippen LogP contribution in [0.5, 0.6) is 11.5 Å². The molecule has 1 aliphatic heterocycles. The number of benzene rings is 1. The van der Waals surface area contributed by atoms with Gasteiger partial charge in [0.25, 0.3) is 0 Å². The molecule has 1 fully saturated rings. The van der Waals surface area contributed by atoms with Crippen molar-refractivity contribution in [2.24, 2.45) is 12.0 Å². The Labute approximate surface area is 183 Å². The van der Waals surface area contributed by atoms with E-state index in [2.05, 4.69) is 36.8 Å². The minimum absolute atomic E-state index is 0.127. The van der Waals surface area contributed by atoms with Crippen LogP contribution in [0.3, 0.4) is 0 Å². The maximum Gasteiger partial charge on any atom is 0.191 e. The molecule has 3 rings (SSSR count). The monoisotopic (exact) mass is 431 g/mol. The molecule has 0 saturated carbocycles. The van der Waals surface area contributed by atoms with Crippen molar-refractivity contribution in [2.45, 2.75) is 19.5 Å². The van der Waals surface area contributed by atoms with E-state index in [1.165, 1.54) is 0 Å². The van der Waals surface area contributed by atoms with Gasteiger partial charge in [0.05, 0.1) is 33.5 Å². The Morgan fingerprint density at radius 1 is 1.19 bits per heavy atom. The summed E-state index contributed by atoms with van der Waals surface area (Å²) in [5, 5.41) is 14.8. The number of rotatable bonds is 9. The number of hydrogen-bond acceptors (Lipinski definition) is 7. The van der Waals surface area contributed by atoms with Crippen molar-refractivity contribution in [2.75, 3.05) is 53.6 Å². The van der Waals surface area contributed by atoms with E-state index >= 15 is 0 Å². The van der Waals surface area contributed by atoms with Gasteiger partial charge >= 0.3 is 0 Å². The van der Waals surface area contributed by atoms with E-state index in [1.54, 1.807) is 20.5 Å². The van der Waals surface area contributed by atoms with Gasteiger partial charge in [-0.3, -0.25) is 4.90 Å². The minimum atomic E-state index is 0.127. The van der Waals surface area contributed by atoms with E-state index in [4.69, 9.17) is 14.2 Å². The zero-order valence-electron chi connectivity index (χ0n) is 18.8. The zero-order valence-corrected chi connectivity index (χ0v) is 18.8. The van der Waals surface area contributed by atoms with Gasteiger partial charge in [0.1, 0.15) is 12.9 Å². The summed E-state index contributed by atoms with van der Waals surface area (Å²) in [4.78, 5) is 7.09. The van der Waals surface area contributed by atoms with Gasteiger partial charge in [-0.1, -0.05) is 6.07 Å². The number of nitrogens with zero attached hydrogens (tertiary/aromatic N) is 5. The van der Waals surface area contributed by atoms with Crippen LogP contribution in [0.25, 0.3) is 0 Å². The second-order valence-corrected chi connectivity index (χ2v) is 7.21. The molecule has 1 aliphatic rings. The number of nitrogens with one attached hydrogen (secondary N) is 2. The Morgan fingerprint density at radius 3 is 2.61 bits per heavy atom. The molecule has 0 spiro atoms. The lowest BCUT2D eigenvalue weighted by molar-refractivity contribution is 0.0169. The molecule has 1 aromatic heterocycles. The van der Waals surface area contributed by atoms with Gasteiger partial charge in [0.15, 0.2) is 23.3 Å². The molecule has 0 radical (unpaired) electrons. The van der Waals surface area contributed by atoms with Crippen LogP contribution >= 0.6 is 0 Å². The lowest BCUT2D eigenvalue weighted by atomic mass is 10.0. The van der Waals surface area contributed by atoms with Crippen molar-refractivity contribution in [3.8, 4) is 11.5 Å². The van der Waals surface area contributed by atoms with Crippen LogP contribution in [0.4, 0.5) is 0 Å². The lowest BCUT2D eigenvalue weighted by Gasteiger charge is -2.35. The third kappa shape index (κ3) is 6.08. The maximum absolute atomic E-state index is 5.56. The molecular formula is C21H33N7O3. The second kappa shape index (κ2) is 11.5. The quantitative estimate of drug-likeness (QED) is 0.448. The van der Waals surface area contributed by atoms with Crippen LogP contribution < -0.4 is 20.1 Å². The maximum atomic E-state index is 5.56. The molecule has 0 bridgehead atoms. The van der Waals surface area contributed by atoms with E-state index in [-0.39, 0.29) is 6.04 Å². The van der Waals surface area contributed by atoms with E-state index in [9.17, 15) is 0 Å². The average Bonchev–Trinajstić information content (AvgIpc) is 3.22. The van der Waals surface area contributed by atoms with E-state index in [0.29, 0.717) is 13.1 Å². The molecule has 10 heteroatoms. The summed E-state index contributed by atoms with van der Waals surface area (Å²) >= 11 is 0. The van der Waals surface area contributed by atoms with E-state index in [0.717, 1.165) is 61.7 Å². The van der Waals surface area contributed by atoms with Gasteiger partial charge in [0, 0.05) is 33.2 Å². The standard InChI is InChI=1S/C21H33N7O3/c1-5-22-21(24-14-20-26-25-15-27(20)2)23-13-17(28-8-10-31-11-9-28)16-6-7-18(29-3)19(12-16)30-4/h6-7,12,15,17H,5,8-11,13-14H2,1-4H3,(H2,22,23,24). The summed E-state index contributed by atoms with van der Waals surface area (Å²) in [7, 11) is 5.22. The average molecular weight is 432 g/mol. The number of guanidine groups is 1. The zero-order chi connectivity index (χ0) is 22.1. The Hall–Kier alpha value is -2.85. The number of morpholine rings is 1. The highest BCUT2D eigenvalue weighted by atomic mass is 16.5. The highest BCUT2D eigenvalue weighted by molar-refractivity contribution is 5.79. The molecule has 1 atom stereocenters. The van der Waals surface area contributed by atoms with Gasteiger partial charge < -0.3 is 29.4 Å². The van der Waals surface area contributed by atoms with Crippen LogP contribution in [-0.4, -0.2) is 79.2 Å². The fourth-order valence-corrected chi connectivity index (χ4v) is 3.54. The fourth-order valence-electron chi connectivity index (χ4n) is 3.54. The van der Waals surface area contributed by atoms with Gasteiger partial charge in [-0.05, 0) is 24.6 Å². The van der Waals surface area contributed by atoms with Gasteiger partial charge in [-0.15, -0.1) is 10.2 Å². The molecule has 0 amide bonds. The second-order valence-electron chi connectivity index (χ2n) is 7.21. The normalized spacial score (nSPS) is 16.1. The third-order valence-corrected chi connectivity index (χ3v) is 5.27. The molecule has 2 heterocycles. The fraction of sp³-hybridized carbons (Fsp3) is 0.571. The summed E-state index contributed by atoms with van der Waals surface area (Å²) in [6.45, 7) is 7.13. The topological polar surface area (TPSA) is 98.1 Å². The molecule has 31 heavy (non-hydrogen) atoms. The molecular weight excluding hydrogens is 398 g/mol. The molecule has 2 aromatic rings. The van der Waals surface area contributed by atoms with E-state index < -0.39 is 0 Å². The Kier molecular flexibility index (Phi) is 8.48. The summed E-state index contributed by atoms with van der Waals surface area (Å²) in [6, 6.07) is 6.22. The van der Waals surface area contributed by atoms with Crippen LogP contribution in [0.1, 0.15) is 24.4 Å². The molecule has 0 aliphatic carbocycles. The third-order valence-electron chi connectivity index (χ3n) is 5.27. The van der Waals surface area contributed by atoms with Crippen molar-refractivity contribution >= 4 is 5.96 Å². The van der Waals surface area contributed by atoms with Crippen molar-refractivity contribution in [1.82, 2.24) is 30.3 Å². The van der Waals surface area contributed by atoms with Crippen LogP contribution in [0.15, 0.2) is 29.5 Å².